The number of aliphatic hydroxyl groups is 1. The largest absolute Gasteiger partial charge is 0.385 e. The standard InChI is InChI=1S/C19H18Cl2N4O3S/c20-10-1-3-12(4-2-10)24-29(27,28)25-18-13-7-19(26,8-14(13)18)16-5-11(21)6-17-15(16)9-22-23-17/h1-6,9,13-14,18,24-26H,7-8H2,(H,22,23)/t13-,14+,18?,19?. The van der Waals surface area contributed by atoms with Crippen LogP contribution in [0.25, 0.3) is 10.9 Å². The van der Waals surface area contributed by atoms with Crippen molar-refractivity contribution < 1.29 is 13.5 Å². The Balaban J connectivity index is 1.29. The Bertz CT molecular complexity index is 1180. The number of benzene rings is 2. The van der Waals surface area contributed by atoms with Crippen LogP contribution in [0.15, 0.2) is 42.6 Å². The molecule has 10 heteroatoms. The highest BCUT2D eigenvalue weighted by Crippen LogP contribution is 2.60. The maximum atomic E-state index is 12.4. The summed E-state index contributed by atoms with van der Waals surface area (Å²) in [5.74, 6) is 0.144. The number of H-pyrrole nitrogens is 1. The van der Waals surface area contributed by atoms with Gasteiger partial charge in [0.25, 0.3) is 10.2 Å². The van der Waals surface area contributed by atoms with Crippen molar-refractivity contribution in [3.05, 3.63) is 58.2 Å². The van der Waals surface area contributed by atoms with Crippen LogP contribution in [0.3, 0.4) is 0 Å². The Labute approximate surface area is 177 Å². The Morgan fingerprint density at radius 3 is 2.48 bits per heavy atom. The normalized spacial score (nSPS) is 28.4. The highest BCUT2D eigenvalue weighted by molar-refractivity contribution is 7.90. The number of rotatable bonds is 5. The minimum atomic E-state index is -3.72. The third-order valence-electron chi connectivity index (χ3n) is 5.89. The quantitative estimate of drug-likeness (QED) is 0.475. The number of hydrogen-bond acceptors (Lipinski definition) is 4. The van der Waals surface area contributed by atoms with E-state index < -0.39 is 15.8 Å². The first-order chi connectivity index (χ1) is 13.7. The third-order valence-corrected chi connectivity index (χ3v) is 7.45. The van der Waals surface area contributed by atoms with E-state index in [0.717, 1.165) is 16.5 Å². The molecule has 0 bridgehead atoms. The van der Waals surface area contributed by atoms with Crippen LogP contribution in [0.5, 0.6) is 0 Å². The second kappa shape index (κ2) is 6.58. The molecule has 0 aliphatic heterocycles. The van der Waals surface area contributed by atoms with Crippen LogP contribution in [0, 0.1) is 11.8 Å². The third kappa shape index (κ3) is 3.49. The van der Waals surface area contributed by atoms with E-state index in [4.69, 9.17) is 23.2 Å². The molecule has 2 unspecified atom stereocenters. The topological polar surface area (TPSA) is 107 Å². The zero-order valence-electron chi connectivity index (χ0n) is 15.1. The number of aromatic nitrogens is 2. The molecule has 0 radical (unpaired) electrons. The van der Waals surface area contributed by atoms with Gasteiger partial charge in [-0.05, 0) is 66.6 Å². The zero-order valence-corrected chi connectivity index (χ0v) is 17.4. The molecule has 1 aromatic heterocycles. The van der Waals surface area contributed by atoms with Crippen LogP contribution in [-0.2, 0) is 15.8 Å². The molecule has 2 aromatic carbocycles. The highest BCUT2D eigenvalue weighted by atomic mass is 35.5. The van der Waals surface area contributed by atoms with E-state index >= 15 is 0 Å². The van der Waals surface area contributed by atoms with Gasteiger partial charge in [-0.1, -0.05) is 23.2 Å². The van der Waals surface area contributed by atoms with Crippen LogP contribution in [-0.4, -0.2) is 29.8 Å². The number of fused-ring (bicyclic) bond motifs is 2. The van der Waals surface area contributed by atoms with Gasteiger partial charge >= 0.3 is 0 Å². The summed E-state index contributed by atoms with van der Waals surface area (Å²) in [5.41, 5.74) is 0.895. The lowest BCUT2D eigenvalue weighted by molar-refractivity contribution is 0.0303. The van der Waals surface area contributed by atoms with E-state index in [-0.39, 0.29) is 17.9 Å². The predicted molar refractivity (Wildman–Crippen MR) is 112 cm³/mol. The average molecular weight is 453 g/mol. The monoisotopic (exact) mass is 452 g/mol. The summed E-state index contributed by atoms with van der Waals surface area (Å²) in [6.45, 7) is 0. The van der Waals surface area contributed by atoms with Crippen LogP contribution in [0.4, 0.5) is 5.69 Å². The molecule has 2 aliphatic rings. The second-order valence-electron chi connectivity index (χ2n) is 7.81. The number of nitrogens with zero attached hydrogens (tertiary/aromatic N) is 1. The van der Waals surface area contributed by atoms with Gasteiger partial charge in [0, 0.05) is 27.2 Å². The summed E-state index contributed by atoms with van der Waals surface area (Å²) in [6.07, 6.45) is 2.61. The molecule has 2 fully saturated rings. The Kier molecular flexibility index (Phi) is 4.34. The molecule has 5 rings (SSSR count). The number of nitrogens with one attached hydrogen (secondary N) is 3. The highest BCUT2D eigenvalue weighted by Gasteiger charge is 2.62. The van der Waals surface area contributed by atoms with Crippen LogP contribution in [0.2, 0.25) is 10.0 Å². The van der Waals surface area contributed by atoms with E-state index in [1.165, 1.54) is 0 Å². The first-order valence-corrected chi connectivity index (χ1v) is 11.4. The number of anilines is 1. The average Bonchev–Trinajstić information content (AvgIpc) is 3.03. The van der Waals surface area contributed by atoms with Crippen molar-refractivity contribution in [3.63, 3.8) is 0 Å². The molecule has 3 aromatic rings. The maximum Gasteiger partial charge on any atom is 0.299 e. The van der Waals surface area contributed by atoms with Crippen LogP contribution >= 0.6 is 23.2 Å². The van der Waals surface area contributed by atoms with Gasteiger partial charge in [0.1, 0.15) is 0 Å². The summed E-state index contributed by atoms with van der Waals surface area (Å²) < 4.78 is 30.1. The van der Waals surface area contributed by atoms with Gasteiger partial charge in [-0.25, -0.2) is 0 Å². The molecule has 7 nitrogen and oxygen atoms in total. The maximum absolute atomic E-state index is 12.4. The van der Waals surface area contributed by atoms with Crippen LogP contribution in [0.1, 0.15) is 18.4 Å². The molecule has 4 N–H and O–H groups in total. The number of hydrogen-bond donors (Lipinski definition) is 4. The predicted octanol–water partition coefficient (Wildman–Crippen LogP) is 3.41. The first-order valence-electron chi connectivity index (χ1n) is 9.15. The smallest absolute Gasteiger partial charge is 0.299 e. The Hall–Kier alpha value is -1.84. The van der Waals surface area contributed by atoms with Gasteiger partial charge in [-0.2, -0.15) is 18.2 Å². The molecule has 1 heterocycles. The SMILES string of the molecule is O=S(=O)(Nc1ccc(Cl)cc1)NC1[C@H]2CC(O)(c3cc(Cl)cc4[nH]ncc34)C[C@@H]12. The van der Waals surface area contributed by atoms with Gasteiger partial charge < -0.3 is 5.11 Å². The summed E-state index contributed by atoms with van der Waals surface area (Å²) >= 11 is 12.0. The fraction of sp³-hybridized carbons (Fsp3) is 0.316. The van der Waals surface area contributed by atoms with Gasteiger partial charge in [-0.15, -0.1) is 0 Å². The lowest BCUT2D eigenvalue weighted by Crippen LogP contribution is -2.36. The Morgan fingerprint density at radius 1 is 1.10 bits per heavy atom. The van der Waals surface area contributed by atoms with E-state index in [1.54, 1.807) is 42.6 Å². The molecule has 4 atom stereocenters. The molecule has 152 valence electrons. The van der Waals surface area contributed by atoms with Gasteiger partial charge in [-0.3, -0.25) is 9.82 Å². The van der Waals surface area contributed by atoms with Crippen molar-refractivity contribution in [3.8, 4) is 0 Å². The molecule has 0 amide bonds. The molecule has 0 spiro atoms. The molecular formula is C19H18Cl2N4O3S. The van der Waals surface area contributed by atoms with Crippen LogP contribution < -0.4 is 9.44 Å². The molecule has 2 aliphatic carbocycles. The minimum absolute atomic E-state index is 0.0720. The fourth-order valence-corrected chi connectivity index (χ4v) is 6.10. The van der Waals surface area contributed by atoms with Crippen molar-refractivity contribution in [2.75, 3.05) is 4.72 Å². The lowest BCUT2D eigenvalue weighted by atomic mass is 9.86. The van der Waals surface area contributed by atoms with Crippen molar-refractivity contribution in [2.45, 2.75) is 24.5 Å². The van der Waals surface area contributed by atoms with Gasteiger partial charge in [0.05, 0.1) is 17.3 Å². The molecule has 2 saturated carbocycles. The second-order valence-corrected chi connectivity index (χ2v) is 10.1. The zero-order chi connectivity index (χ0) is 20.4. The van der Waals surface area contributed by atoms with Gasteiger partial charge in [0.15, 0.2) is 0 Å². The summed E-state index contributed by atoms with van der Waals surface area (Å²) in [7, 11) is -3.72. The van der Waals surface area contributed by atoms with Crippen molar-refractivity contribution in [1.82, 2.24) is 14.9 Å². The number of aromatic amines is 1. The summed E-state index contributed by atoms with van der Waals surface area (Å²) in [6, 6.07) is 9.78. The molecule has 29 heavy (non-hydrogen) atoms. The van der Waals surface area contributed by atoms with Crippen molar-refractivity contribution in [1.29, 1.82) is 0 Å². The minimum Gasteiger partial charge on any atom is -0.385 e. The Morgan fingerprint density at radius 2 is 1.79 bits per heavy atom. The number of halogens is 2. The van der Waals surface area contributed by atoms with E-state index in [0.29, 0.717) is 28.6 Å². The van der Waals surface area contributed by atoms with Crippen molar-refractivity contribution >= 4 is 50.0 Å². The lowest BCUT2D eigenvalue weighted by Gasteiger charge is -2.27. The molecule has 0 saturated heterocycles. The van der Waals surface area contributed by atoms with E-state index in [1.807, 2.05) is 0 Å². The summed E-state index contributed by atoms with van der Waals surface area (Å²) in [5, 5.41) is 20.1. The van der Waals surface area contributed by atoms with Crippen molar-refractivity contribution in [2.24, 2.45) is 11.8 Å². The van der Waals surface area contributed by atoms with E-state index in [9.17, 15) is 13.5 Å². The summed E-state index contributed by atoms with van der Waals surface area (Å²) in [4.78, 5) is 0. The molecular weight excluding hydrogens is 435 g/mol. The van der Waals surface area contributed by atoms with Gasteiger partial charge in [0.2, 0.25) is 0 Å². The first kappa shape index (κ1) is 19.1. The fourth-order valence-electron chi connectivity index (χ4n) is 4.54. The van der Waals surface area contributed by atoms with E-state index in [2.05, 4.69) is 19.6 Å².